The van der Waals surface area contributed by atoms with Gasteiger partial charge in [0.05, 0.1) is 10.0 Å². The van der Waals surface area contributed by atoms with Gasteiger partial charge in [-0.1, -0.05) is 63.4 Å². The third kappa shape index (κ3) is 3.15. The van der Waals surface area contributed by atoms with Crippen molar-refractivity contribution in [2.45, 2.75) is 6.54 Å². The molecule has 0 fully saturated rings. The van der Waals surface area contributed by atoms with Gasteiger partial charge in [0.25, 0.3) is 0 Å². The summed E-state index contributed by atoms with van der Waals surface area (Å²) in [6, 6.07) is 13.7. The summed E-state index contributed by atoms with van der Waals surface area (Å²) in [5.74, 6) is 0.911. The van der Waals surface area contributed by atoms with E-state index in [1.54, 1.807) is 6.20 Å². The van der Waals surface area contributed by atoms with Gasteiger partial charge in [0.2, 0.25) is 0 Å². The molecule has 21 heavy (non-hydrogen) atoms. The van der Waals surface area contributed by atoms with E-state index in [1.165, 1.54) is 0 Å². The van der Waals surface area contributed by atoms with Gasteiger partial charge in [-0.3, -0.25) is 0 Å². The zero-order valence-electron chi connectivity index (χ0n) is 10.9. The third-order valence-electron chi connectivity index (χ3n) is 3.17. The van der Waals surface area contributed by atoms with Crippen molar-refractivity contribution < 1.29 is 0 Å². The van der Waals surface area contributed by atoms with E-state index in [2.05, 4.69) is 25.5 Å². The van der Waals surface area contributed by atoms with Crippen LogP contribution in [0.15, 0.2) is 59.3 Å². The van der Waals surface area contributed by atoms with Crippen molar-refractivity contribution in [1.29, 1.82) is 0 Å². The molecule has 106 valence electrons. The lowest BCUT2D eigenvalue weighted by Gasteiger charge is -2.10. The number of rotatable bonds is 3. The molecule has 1 aromatic heterocycles. The molecule has 1 heterocycles. The predicted molar refractivity (Wildman–Crippen MR) is 90.9 cm³/mol. The molecule has 0 atom stereocenters. The Morgan fingerprint density at radius 3 is 2.62 bits per heavy atom. The molecular weight excluding hydrogens is 371 g/mol. The van der Waals surface area contributed by atoms with Crippen molar-refractivity contribution in [2.75, 3.05) is 0 Å². The summed E-state index contributed by atoms with van der Waals surface area (Å²) in [4.78, 5) is 4.46. The molecule has 0 unspecified atom stereocenters. The standard InChI is InChI=1S/C16H11BrCl2N2/c17-13-4-2-1-3-12(13)16-20-7-8-21(16)10-11-5-6-14(18)15(19)9-11/h1-9H,10H2. The van der Waals surface area contributed by atoms with Crippen LogP contribution in [-0.2, 0) is 6.54 Å². The van der Waals surface area contributed by atoms with Crippen LogP contribution < -0.4 is 0 Å². The van der Waals surface area contributed by atoms with Crippen LogP contribution in [0.1, 0.15) is 5.56 Å². The van der Waals surface area contributed by atoms with E-state index in [-0.39, 0.29) is 0 Å². The van der Waals surface area contributed by atoms with E-state index in [4.69, 9.17) is 23.2 Å². The maximum atomic E-state index is 6.07. The van der Waals surface area contributed by atoms with Gasteiger partial charge in [-0.05, 0) is 23.8 Å². The second kappa shape index (κ2) is 6.22. The molecule has 2 nitrogen and oxygen atoms in total. The van der Waals surface area contributed by atoms with Crippen LogP contribution in [0.25, 0.3) is 11.4 Å². The van der Waals surface area contributed by atoms with Gasteiger partial charge in [0.1, 0.15) is 5.82 Å². The lowest BCUT2D eigenvalue weighted by Crippen LogP contribution is -2.01. The Bertz CT molecular complexity index is 783. The number of hydrogen-bond donors (Lipinski definition) is 0. The van der Waals surface area contributed by atoms with Crippen molar-refractivity contribution in [3.05, 3.63) is 74.9 Å². The van der Waals surface area contributed by atoms with Crippen LogP contribution in [0.4, 0.5) is 0 Å². The summed E-state index contributed by atoms with van der Waals surface area (Å²) < 4.78 is 3.10. The van der Waals surface area contributed by atoms with Gasteiger partial charge >= 0.3 is 0 Å². The first-order chi connectivity index (χ1) is 10.1. The van der Waals surface area contributed by atoms with E-state index in [9.17, 15) is 0 Å². The fourth-order valence-electron chi connectivity index (χ4n) is 2.16. The smallest absolute Gasteiger partial charge is 0.141 e. The Balaban J connectivity index is 1.96. The number of benzene rings is 2. The quantitative estimate of drug-likeness (QED) is 0.571. The third-order valence-corrected chi connectivity index (χ3v) is 4.60. The Labute approximate surface area is 141 Å². The molecule has 0 N–H and O–H groups in total. The van der Waals surface area contributed by atoms with Crippen molar-refractivity contribution in [1.82, 2.24) is 9.55 Å². The number of hydrogen-bond acceptors (Lipinski definition) is 1. The minimum atomic E-state index is 0.566. The van der Waals surface area contributed by atoms with Gasteiger partial charge in [0.15, 0.2) is 0 Å². The second-order valence-electron chi connectivity index (χ2n) is 4.61. The van der Waals surface area contributed by atoms with E-state index in [1.807, 2.05) is 48.7 Å². The fraction of sp³-hybridized carbons (Fsp3) is 0.0625. The molecule has 3 rings (SSSR count). The molecule has 0 radical (unpaired) electrons. The second-order valence-corrected chi connectivity index (χ2v) is 6.28. The summed E-state index contributed by atoms with van der Waals surface area (Å²) in [5, 5.41) is 1.13. The predicted octanol–water partition coefficient (Wildman–Crippen LogP) is 5.67. The van der Waals surface area contributed by atoms with Gasteiger partial charge in [-0.25, -0.2) is 4.98 Å². The first kappa shape index (κ1) is 14.6. The van der Waals surface area contributed by atoms with Gasteiger partial charge in [-0.2, -0.15) is 0 Å². The molecule has 0 saturated carbocycles. The Morgan fingerprint density at radius 2 is 1.86 bits per heavy atom. The Morgan fingerprint density at radius 1 is 1.05 bits per heavy atom. The lowest BCUT2D eigenvalue weighted by atomic mass is 10.2. The highest BCUT2D eigenvalue weighted by atomic mass is 79.9. The number of aromatic nitrogens is 2. The highest BCUT2D eigenvalue weighted by Crippen LogP contribution is 2.28. The largest absolute Gasteiger partial charge is 0.327 e. The van der Waals surface area contributed by atoms with E-state index < -0.39 is 0 Å². The highest BCUT2D eigenvalue weighted by Gasteiger charge is 2.10. The van der Waals surface area contributed by atoms with Gasteiger partial charge in [0, 0.05) is 29.0 Å². The number of halogens is 3. The summed E-state index contributed by atoms with van der Waals surface area (Å²) >= 11 is 15.6. The van der Waals surface area contributed by atoms with Crippen molar-refractivity contribution >= 4 is 39.1 Å². The minimum Gasteiger partial charge on any atom is -0.327 e. The monoisotopic (exact) mass is 380 g/mol. The first-order valence-electron chi connectivity index (χ1n) is 6.35. The highest BCUT2D eigenvalue weighted by molar-refractivity contribution is 9.10. The molecule has 0 aliphatic heterocycles. The molecule has 3 aromatic rings. The van der Waals surface area contributed by atoms with Crippen molar-refractivity contribution in [2.24, 2.45) is 0 Å². The summed E-state index contributed by atoms with van der Waals surface area (Å²) in [6.07, 6.45) is 3.75. The maximum absolute atomic E-state index is 6.07. The van der Waals surface area contributed by atoms with Crippen LogP contribution >= 0.6 is 39.1 Å². The van der Waals surface area contributed by atoms with Crippen LogP contribution in [0.3, 0.4) is 0 Å². The van der Waals surface area contributed by atoms with Crippen molar-refractivity contribution in [3.63, 3.8) is 0 Å². The molecule has 0 amide bonds. The first-order valence-corrected chi connectivity index (χ1v) is 7.90. The number of nitrogens with zero attached hydrogens (tertiary/aromatic N) is 2. The Kier molecular flexibility index (Phi) is 4.34. The average Bonchev–Trinajstić information content (AvgIpc) is 2.91. The van der Waals surface area contributed by atoms with Crippen LogP contribution in [0.5, 0.6) is 0 Å². The molecule has 0 spiro atoms. The normalized spacial score (nSPS) is 10.8. The molecule has 0 aliphatic rings. The molecular formula is C16H11BrCl2N2. The summed E-state index contributed by atoms with van der Waals surface area (Å²) in [5.41, 5.74) is 2.14. The summed E-state index contributed by atoms with van der Waals surface area (Å²) in [6.45, 7) is 0.688. The van der Waals surface area contributed by atoms with Crippen LogP contribution in [-0.4, -0.2) is 9.55 Å². The minimum absolute atomic E-state index is 0.566. The molecule has 0 aliphatic carbocycles. The maximum Gasteiger partial charge on any atom is 0.141 e. The number of imidazole rings is 1. The van der Waals surface area contributed by atoms with Crippen LogP contribution in [0, 0.1) is 0 Å². The van der Waals surface area contributed by atoms with Crippen LogP contribution in [0.2, 0.25) is 10.0 Å². The van der Waals surface area contributed by atoms with Crippen molar-refractivity contribution in [3.8, 4) is 11.4 Å². The Hall–Kier alpha value is -1.29. The lowest BCUT2D eigenvalue weighted by molar-refractivity contribution is 0.807. The fourth-order valence-corrected chi connectivity index (χ4v) is 2.94. The van der Waals surface area contributed by atoms with E-state index in [0.29, 0.717) is 16.6 Å². The SMILES string of the molecule is Clc1ccc(Cn2ccnc2-c2ccccc2Br)cc1Cl. The average molecular weight is 382 g/mol. The van der Waals surface area contributed by atoms with E-state index in [0.717, 1.165) is 21.4 Å². The van der Waals surface area contributed by atoms with Gasteiger partial charge < -0.3 is 4.57 Å². The summed E-state index contributed by atoms with van der Waals surface area (Å²) in [7, 11) is 0. The topological polar surface area (TPSA) is 17.8 Å². The molecule has 0 bridgehead atoms. The molecule has 2 aromatic carbocycles. The molecule has 5 heteroatoms. The zero-order chi connectivity index (χ0) is 14.8. The van der Waals surface area contributed by atoms with Gasteiger partial charge in [-0.15, -0.1) is 0 Å². The molecule has 0 saturated heterocycles. The zero-order valence-corrected chi connectivity index (χ0v) is 14.0. The van der Waals surface area contributed by atoms with E-state index >= 15 is 0 Å².